The van der Waals surface area contributed by atoms with Crippen LogP contribution in [0.2, 0.25) is 0 Å². The molecular weight excluding hydrogens is 216 g/mol. The molecule has 0 aromatic carbocycles. The van der Waals surface area contributed by atoms with E-state index < -0.39 is 0 Å². The average molecular weight is 232 g/mol. The first-order chi connectivity index (χ1) is 8.16. The van der Waals surface area contributed by atoms with Gasteiger partial charge in [0.05, 0.1) is 12.7 Å². The molecule has 0 unspecified atom stereocenters. The zero-order chi connectivity index (χ0) is 12.0. The molecule has 1 amide bonds. The van der Waals surface area contributed by atoms with Crippen molar-refractivity contribution in [3.8, 4) is 0 Å². The van der Waals surface area contributed by atoms with Gasteiger partial charge in [-0.15, -0.1) is 0 Å². The molecule has 2 aliphatic rings. The van der Waals surface area contributed by atoms with E-state index in [9.17, 15) is 4.79 Å². The molecule has 0 saturated heterocycles. The standard InChI is InChI=1S/C12H16N4O/c1-8-13-6-10-12(14-8)16(9-4-3-5-9)7-11(17)15(10)2/h6,9H,3-5,7H2,1-2H3. The number of rotatable bonds is 1. The van der Waals surface area contributed by atoms with Crippen molar-refractivity contribution < 1.29 is 4.79 Å². The fourth-order valence-corrected chi connectivity index (χ4v) is 2.36. The van der Waals surface area contributed by atoms with Gasteiger partial charge in [-0.2, -0.15) is 0 Å². The first-order valence-corrected chi connectivity index (χ1v) is 6.03. The number of hydrogen-bond donors (Lipinski definition) is 0. The van der Waals surface area contributed by atoms with Crippen molar-refractivity contribution >= 4 is 17.4 Å². The van der Waals surface area contributed by atoms with Crippen LogP contribution in [0.3, 0.4) is 0 Å². The molecule has 0 radical (unpaired) electrons. The van der Waals surface area contributed by atoms with Crippen LogP contribution in [0.5, 0.6) is 0 Å². The van der Waals surface area contributed by atoms with E-state index in [0.717, 1.165) is 17.3 Å². The Labute approximate surface area is 100 Å². The molecule has 0 bridgehead atoms. The Bertz CT molecular complexity index is 470. The number of aryl methyl sites for hydroxylation is 1. The first kappa shape index (κ1) is 10.5. The van der Waals surface area contributed by atoms with Crippen LogP contribution in [0.15, 0.2) is 6.20 Å². The molecule has 2 heterocycles. The Morgan fingerprint density at radius 3 is 2.82 bits per heavy atom. The minimum atomic E-state index is 0.122. The highest BCUT2D eigenvalue weighted by atomic mass is 16.2. The van der Waals surface area contributed by atoms with E-state index in [-0.39, 0.29) is 5.91 Å². The lowest BCUT2D eigenvalue weighted by Crippen LogP contribution is -2.51. The summed E-state index contributed by atoms with van der Waals surface area (Å²) in [7, 11) is 1.79. The first-order valence-electron chi connectivity index (χ1n) is 6.03. The van der Waals surface area contributed by atoms with Crippen molar-refractivity contribution in [2.24, 2.45) is 0 Å². The summed E-state index contributed by atoms with van der Waals surface area (Å²) in [5, 5.41) is 0. The van der Waals surface area contributed by atoms with Crippen LogP contribution in [0, 0.1) is 6.92 Å². The van der Waals surface area contributed by atoms with Gasteiger partial charge in [0.1, 0.15) is 11.5 Å². The van der Waals surface area contributed by atoms with E-state index in [0.29, 0.717) is 12.6 Å². The number of hydrogen-bond acceptors (Lipinski definition) is 4. The van der Waals surface area contributed by atoms with E-state index in [2.05, 4.69) is 14.9 Å². The lowest BCUT2D eigenvalue weighted by molar-refractivity contribution is -0.117. The van der Waals surface area contributed by atoms with Gasteiger partial charge in [0.2, 0.25) is 5.91 Å². The fourth-order valence-electron chi connectivity index (χ4n) is 2.36. The minimum Gasteiger partial charge on any atom is -0.342 e. The van der Waals surface area contributed by atoms with Gasteiger partial charge in [-0.05, 0) is 26.2 Å². The van der Waals surface area contributed by atoms with Crippen LogP contribution in [-0.4, -0.2) is 35.5 Å². The summed E-state index contributed by atoms with van der Waals surface area (Å²) in [6.07, 6.45) is 5.34. The predicted octanol–water partition coefficient (Wildman–Crippen LogP) is 1.12. The van der Waals surface area contributed by atoms with E-state index in [1.807, 2.05) is 6.92 Å². The Hall–Kier alpha value is -1.65. The average Bonchev–Trinajstić information content (AvgIpc) is 2.23. The zero-order valence-electron chi connectivity index (χ0n) is 10.2. The summed E-state index contributed by atoms with van der Waals surface area (Å²) in [5.41, 5.74) is 0.832. The Morgan fingerprint density at radius 1 is 1.41 bits per heavy atom. The van der Waals surface area contributed by atoms with Crippen LogP contribution in [0.4, 0.5) is 11.5 Å². The van der Waals surface area contributed by atoms with Gasteiger partial charge in [0.25, 0.3) is 0 Å². The molecule has 0 N–H and O–H groups in total. The number of anilines is 2. The number of fused-ring (bicyclic) bond motifs is 1. The second-order valence-corrected chi connectivity index (χ2v) is 4.79. The molecule has 0 spiro atoms. The Morgan fingerprint density at radius 2 is 2.18 bits per heavy atom. The lowest BCUT2D eigenvalue weighted by Gasteiger charge is -2.42. The molecule has 5 heteroatoms. The van der Waals surface area contributed by atoms with Crippen LogP contribution < -0.4 is 9.80 Å². The van der Waals surface area contributed by atoms with Crippen molar-refractivity contribution in [3.63, 3.8) is 0 Å². The predicted molar refractivity (Wildman–Crippen MR) is 65.2 cm³/mol. The largest absolute Gasteiger partial charge is 0.342 e. The molecule has 0 atom stereocenters. The number of nitrogens with zero attached hydrogens (tertiary/aromatic N) is 4. The minimum absolute atomic E-state index is 0.122. The number of amides is 1. The van der Waals surface area contributed by atoms with Gasteiger partial charge >= 0.3 is 0 Å². The second kappa shape index (κ2) is 3.68. The van der Waals surface area contributed by atoms with E-state index in [4.69, 9.17) is 0 Å². The summed E-state index contributed by atoms with van der Waals surface area (Å²) < 4.78 is 0. The van der Waals surface area contributed by atoms with Gasteiger partial charge in [0, 0.05) is 13.1 Å². The maximum absolute atomic E-state index is 11.9. The number of carbonyl (C=O) groups is 1. The van der Waals surface area contributed by atoms with Crippen LogP contribution >= 0.6 is 0 Å². The SMILES string of the molecule is Cc1ncc2c(n1)N(C1CCC1)CC(=O)N2C. The number of aromatic nitrogens is 2. The third-order valence-electron chi connectivity index (χ3n) is 3.70. The molecule has 1 aliphatic carbocycles. The smallest absolute Gasteiger partial charge is 0.246 e. The van der Waals surface area contributed by atoms with Crippen molar-refractivity contribution in [2.75, 3.05) is 23.4 Å². The molecular formula is C12H16N4O. The Balaban J connectivity index is 2.05. The van der Waals surface area contributed by atoms with Crippen LogP contribution in [0.1, 0.15) is 25.1 Å². The van der Waals surface area contributed by atoms with Gasteiger partial charge < -0.3 is 9.80 Å². The molecule has 1 aromatic rings. The van der Waals surface area contributed by atoms with E-state index >= 15 is 0 Å². The molecule has 5 nitrogen and oxygen atoms in total. The fraction of sp³-hybridized carbons (Fsp3) is 0.583. The maximum Gasteiger partial charge on any atom is 0.246 e. The van der Waals surface area contributed by atoms with Gasteiger partial charge in [-0.3, -0.25) is 4.79 Å². The van der Waals surface area contributed by atoms with Gasteiger partial charge in [0.15, 0.2) is 5.82 Å². The van der Waals surface area contributed by atoms with Crippen LogP contribution in [-0.2, 0) is 4.79 Å². The van der Waals surface area contributed by atoms with Crippen molar-refractivity contribution in [3.05, 3.63) is 12.0 Å². The summed E-state index contributed by atoms with van der Waals surface area (Å²) >= 11 is 0. The summed E-state index contributed by atoms with van der Waals surface area (Å²) in [5.74, 6) is 1.80. The number of likely N-dealkylation sites (N-methyl/N-ethyl adjacent to an activating group) is 1. The number of carbonyl (C=O) groups excluding carboxylic acids is 1. The molecule has 1 aromatic heterocycles. The van der Waals surface area contributed by atoms with Crippen molar-refractivity contribution in [1.29, 1.82) is 0 Å². The van der Waals surface area contributed by atoms with Gasteiger partial charge in [-0.25, -0.2) is 9.97 Å². The van der Waals surface area contributed by atoms with Crippen molar-refractivity contribution in [1.82, 2.24) is 9.97 Å². The molecule has 1 aliphatic heterocycles. The molecule has 1 saturated carbocycles. The third kappa shape index (κ3) is 1.57. The van der Waals surface area contributed by atoms with Crippen LogP contribution in [0.25, 0.3) is 0 Å². The lowest BCUT2D eigenvalue weighted by atomic mass is 9.91. The molecule has 90 valence electrons. The van der Waals surface area contributed by atoms with Crippen molar-refractivity contribution in [2.45, 2.75) is 32.2 Å². The van der Waals surface area contributed by atoms with Gasteiger partial charge in [-0.1, -0.05) is 0 Å². The quantitative estimate of drug-likeness (QED) is 0.728. The summed E-state index contributed by atoms with van der Waals surface area (Å²) in [6.45, 7) is 2.33. The van der Waals surface area contributed by atoms with E-state index in [1.165, 1.54) is 19.3 Å². The molecule has 3 rings (SSSR count). The second-order valence-electron chi connectivity index (χ2n) is 4.79. The maximum atomic E-state index is 11.9. The highest BCUT2D eigenvalue weighted by Gasteiger charge is 2.35. The zero-order valence-corrected chi connectivity index (χ0v) is 10.2. The monoisotopic (exact) mass is 232 g/mol. The summed E-state index contributed by atoms with van der Waals surface area (Å²) in [6, 6.07) is 0.487. The normalized spacial score (nSPS) is 20.2. The highest BCUT2D eigenvalue weighted by Crippen LogP contribution is 2.36. The summed E-state index contributed by atoms with van der Waals surface area (Å²) in [4.78, 5) is 24.4. The topological polar surface area (TPSA) is 49.3 Å². The molecule has 1 fully saturated rings. The van der Waals surface area contributed by atoms with E-state index in [1.54, 1.807) is 18.1 Å². The Kier molecular flexibility index (Phi) is 2.28. The molecule has 17 heavy (non-hydrogen) atoms. The highest BCUT2D eigenvalue weighted by molar-refractivity contribution is 6.01. The third-order valence-corrected chi connectivity index (χ3v) is 3.70.